The maximum Gasteiger partial charge on any atom is 0.307 e. The van der Waals surface area contributed by atoms with E-state index in [-0.39, 0.29) is 18.3 Å². The van der Waals surface area contributed by atoms with E-state index in [1.54, 1.807) is 23.1 Å². The number of benzene rings is 1. The van der Waals surface area contributed by atoms with Gasteiger partial charge in [-0.25, -0.2) is 4.39 Å². The summed E-state index contributed by atoms with van der Waals surface area (Å²) in [4.78, 5) is 24.7. The lowest BCUT2D eigenvalue weighted by Crippen LogP contribution is -2.43. The highest BCUT2D eigenvalue weighted by molar-refractivity contribution is 5.89. The molecule has 1 heterocycles. The standard InChI is InChI=1S/C15H16FNO4/c16-12-4-2-1-3-9(12)13-8-17(5-6-21-13)14(18)10-7-11(10)15(19)20/h1-4,10-11,13H,5-8H2,(H,19,20). The Morgan fingerprint density at radius 3 is 2.71 bits per heavy atom. The second kappa shape index (κ2) is 5.44. The third kappa shape index (κ3) is 2.76. The Balaban J connectivity index is 1.68. The van der Waals surface area contributed by atoms with E-state index < -0.39 is 23.9 Å². The number of carboxylic acids is 1. The van der Waals surface area contributed by atoms with Gasteiger partial charge in [0.15, 0.2) is 0 Å². The van der Waals surface area contributed by atoms with Gasteiger partial charge in [-0.15, -0.1) is 0 Å². The Morgan fingerprint density at radius 2 is 2.05 bits per heavy atom. The van der Waals surface area contributed by atoms with Gasteiger partial charge in [-0.3, -0.25) is 9.59 Å². The molecule has 2 fully saturated rings. The van der Waals surface area contributed by atoms with Gasteiger partial charge < -0.3 is 14.7 Å². The van der Waals surface area contributed by atoms with Crippen molar-refractivity contribution in [3.63, 3.8) is 0 Å². The number of morpholine rings is 1. The lowest BCUT2D eigenvalue weighted by Gasteiger charge is -2.33. The Bertz CT molecular complexity index is 577. The predicted molar refractivity (Wildman–Crippen MR) is 70.9 cm³/mol. The molecule has 1 saturated heterocycles. The highest BCUT2D eigenvalue weighted by Gasteiger charge is 2.50. The van der Waals surface area contributed by atoms with Gasteiger partial charge in [0.25, 0.3) is 0 Å². The lowest BCUT2D eigenvalue weighted by atomic mass is 10.1. The van der Waals surface area contributed by atoms with Crippen molar-refractivity contribution in [1.29, 1.82) is 0 Å². The highest BCUT2D eigenvalue weighted by Crippen LogP contribution is 2.40. The number of hydrogen-bond donors (Lipinski definition) is 1. The molecule has 0 aromatic heterocycles. The number of carbonyl (C=O) groups excluding carboxylic acids is 1. The van der Waals surface area contributed by atoms with Crippen LogP contribution in [0.25, 0.3) is 0 Å². The number of hydrogen-bond acceptors (Lipinski definition) is 3. The number of aliphatic carboxylic acids is 1. The topological polar surface area (TPSA) is 66.8 Å². The molecular weight excluding hydrogens is 277 g/mol. The number of rotatable bonds is 3. The van der Waals surface area contributed by atoms with E-state index in [0.29, 0.717) is 25.1 Å². The predicted octanol–water partition coefficient (Wildman–Crippen LogP) is 1.45. The first-order chi connectivity index (χ1) is 10.1. The summed E-state index contributed by atoms with van der Waals surface area (Å²) in [5.74, 6) is -2.43. The summed E-state index contributed by atoms with van der Waals surface area (Å²) in [5.41, 5.74) is 0.431. The van der Waals surface area contributed by atoms with Gasteiger partial charge in [0, 0.05) is 12.1 Å². The summed E-state index contributed by atoms with van der Waals surface area (Å²) in [5, 5.41) is 8.89. The fourth-order valence-electron chi connectivity index (χ4n) is 2.75. The largest absolute Gasteiger partial charge is 0.481 e. The van der Waals surface area contributed by atoms with Crippen molar-refractivity contribution in [3.8, 4) is 0 Å². The van der Waals surface area contributed by atoms with Crippen molar-refractivity contribution >= 4 is 11.9 Å². The molecule has 2 aliphatic rings. The van der Waals surface area contributed by atoms with Crippen LogP contribution in [0.5, 0.6) is 0 Å². The minimum atomic E-state index is -0.924. The molecule has 0 bridgehead atoms. The first-order valence-electron chi connectivity index (χ1n) is 6.95. The van der Waals surface area contributed by atoms with Crippen molar-refractivity contribution in [2.75, 3.05) is 19.7 Å². The van der Waals surface area contributed by atoms with Crippen LogP contribution in [0, 0.1) is 17.7 Å². The summed E-state index contributed by atoms with van der Waals surface area (Å²) in [6, 6.07) is 6.34. The number of nitrogens with zero attached hydrogens (tertiary/aromatic N) is 1. The average molecular weight is 293 g/mol. The second-order valence-corrected chi connectivity index (χ2v) is 5.45. The van der Waals surface area contributed by atoms with Crippen molar-refractivity contribution in [2.45, 2.75) is 12.5 Å². The van der Waals surface area contributed by atoms with Gasteiger partial charge in [-0.05, 0) is 12.5 Å². The van der Waals surface area contributed by atoms with E-state index in [1.165, 1.54) is 6.07 Å². The summed E-state index contributed by atoms with van der Waals surface area (Å²) in [6.45, 7) is 1.02. The Kier molecular flexibility index (Phi) is 3.63. The molecule has 3 rings (SSSR count). The summed E-state index contributed by atoms with van der Waals surface area (Å²) in [6.07, 6.45) is -0.0958. The summed E-state index contributed by atoms with van der Waals surface area (Å²) in [7, 11) is 0. The van der Waals surface area contributed by atoms with Gasteiger partial charge in [-0.1, -0.05) is 18.2 Å². The average Bonchev–Trinajstić information content (AvgIpc) is 3.28. The molecule has 1 aromatic rings. The van der Waals surface area contributed by atoms with Gasteiger partial charge in [-0.2, -0.15) is 0 Å². The normalized spacial score (nSPS) is 28.2. The molecule has 1 amide bonds. The van der Waals surface area contributed by atoms with E-state index in [9.17, 15) is 14.0 Å². The second-order valence-electron chi connectivity index (χ2n) is 5.45. The van der Waals surface area contributed by atoms with Crippen LogP contribution in [-0.2, 0) is 14.3 Å². The molecule has 1 aromatic carbocycles. The van der Waals surface area contributed by atoms with Crippen LogP contribution in [0.2, 0.25) is 0 Å². The summed E-state index contributed by atoms with van der Waals surface area (Å²) >= 11 is 0. The highest BCUT2D eigenvalue weighted by atomic mass is 19.1. The van der Waals surface area contributed by atoms with Gasteiger partial charge in [0.2, 0.25) is 5.91 Å². The maximum atomic E-state index is 13.8. The minimum absolute atomic E-state index is 0.160. The van der Waals surface area contributed by atoms with E-state index >= 15 is 0 Å². The Morgan fingerprint density at radius 1 is 1.29 bits per heavy atom. The van der Waals surface area contributed by atoms with E-state index in [0.717, 1.165) is 0 Å². The molecule has 1 aliphatic heterocycles. The number of carboxylic acid groups (broad SMARTS) is 1. The van der Waals surface area contributed by atoms with Crippen LogP contribution >= 0.6 is 0 Å². The van der Waals surface area contributed by atoms with Crippen LogP contribution in [0.3, 0.4) is 0 Å². The number of halogens is 1. The van der Waals surface area contributed by atoms with E-state index in [1.807, 2.05) is 0 Å². The van der Waals surface area contributed by atoms with Gasteiger partial charge in [0.05, 0.1) is 25.0 Å². The first-order valence-corrected chi connectivity index (χ1v) is 6.95. The quantitative estimate of drug-likeness (QED) is 0.916. The fourth-order valence-corrected chi connectivity index (χ4v) is 2.75. The van der Waals surface area contributed by atoms with Crippen molar-refractivity contribution in [2.24, 2.45) is 11.8 Å². The molecule has 1 aliphatic carbocycles. The van der Waals surface area contributed by atoms with Crippen molar-refractivity contribution < 1.29 is 23.8 Å². The van der Waals surface area contributed by atoms with Crippen LogP contribution in [0.15, 0.2) is 24.3 Å². The maximum absolute atomic E-state index is 13.8. The molecule has 1 N–H and O–H groups in total. The minimum Gasteiger partial charge on any atom is -0.481 e. The zero-order valence-corrected chi connectivity index (χ0v) is 11.4. The molecule has 1 saturated carbocycles. The first kappa shape index (κ1) is 14.0. The third-order valence-electron chi connectivity index (χ3n) is 4.06. The summed E-state index contributed by atoms with van der Waals surface area (Å²) < 4.78 is 19.3. The van der Waals surface area contributed by atoms with Crippen molar-refractivity contribution in [1.82, 2.24) is 4.90 Å². The van der Waals surface area contributed by atoms with E-state index in [2.05, 4.69) is 0 Å². The molecule has 3 atom stereocenters. The molecular formula is C15H16FNO4. The molecule has 0 radical (unpaired) electrons. The number of carbonyl (C=O) groups is 2. The SMILES string of the molecule is O=C(O)C1CC1C(=O)N1CCOC(c2ccccc2F)C1. The van der Waals surface area contributed by atoms with Gasteiger partial charge >= 0.3 is 5.97 Å². The van der Waals surface area contributed by atoms with E-state index in [4.69, 9.17) is 9.84 Å². The van der Waals surface area contributed by atoms with Gasteiger partial charge in [0.1, 0.15) is 11.9 Å². The Hall–Kier alpha value is -1.95. The third-order valence-corrected chi connectivity index (χ3v) is 4.06. The fraction of sp³-hybridized carbons (Fsp3) is 0.467. The Labute approximate surface area is 121 Å². The molecule has 5 nitrogen and oxygen atoms in total. The van der Waals surface area contributed by atoms with Crippen molar-refractivity contribution in [3.05, 3.63) is 35.6 Å². The zero-order valence-electron chi connectivity index (χ0n) is 11.4. The van der Waals surface area contributed by atoms with Crippen LogP contribution in [-0.4, -0.2) is 41.6 Å². The monoisotopic (exact) mass is 293 g/mol. The number of amides is 1. The molecule has 6 heteroatoms. The van der Waals surface area contributed by atoms with Crippen LogP contribution in [0.4, 0.5) is 4.39 Å². The van der Waals surface area contributed by atoms with Crippen LogP contribution < -0.4 is 0 Å². The van der Waals surface area contributed by atoms with Crippen LogP contribution in [0.1, 0.15) is 18.1 Å². The number of ether oxygens (including phenoxy) is 1. The molecule has 3 unspecified atom stereocenters. The molecule has 0 spiro atoms. The smallest absolute Gasteiger partial charge is 0.307 e. The molecule has 21 heavy (non-hydrogen) atoms. The zero-order chi connectivity index (χ0) is 15.0. The molecule has 112 valence electrons. The lowest BCUT2D eigenvalue weighted by molar-refractivity contribution is -0.145.